The maximum absolute atomic E-state index is 9.60. The minimum absolute atomic E-state index is 0.167. The summed E-state index contributed by atoms with van der Waals surface area (Å²) in [5.74, 6) is -0.711. The van der Waals surface area contributed by atoms with Crippen LogP contribution in [0.5, 0.6) is 0 Å². The van der Waals surface area contributed by atoms with Crippen LogP contribution >= 0.6 is 0 Å². The highest BCUT2D eigenvalue weighted by atomic mass is 16.4. The second kappa shape index (κ2) is 16.8. The normalized spacial score (nSPS) is 7.58. The van der Waals surface area contributed by atoms with Crippen LogP contribution in [0.4, 0.5) is 0 Å². The van der Waals surface area contributed by atoms with Gasteiger partial charge in [-0.05, 0) is 20.3 Å². The Bertz CT molecular complexity index is 78.4. The van der Waals surface area contributed by atoms with Gasteiger partial charge in [0.25, 0.3) is 0 Å². The van der Waals surface area contributed by atoms with Crippen molar-refractivity contribution in [3.05, 3.63) is 0 Å². The molecular formula is C8H20O4. The van der Waals surface area contributed by atoms with Crippen molar-refractivity contribution in [2.45, 2.75) is 39.7 Å². The lowest BCUT2D eigenvalue weighted by Gasteiger charge is -1.80. The van der Waals surface area contributed by atoms with Gasteiger partial charge in [-0.25, -0.2) is 0 Å². The Morgan fingerprint density at radius 1 is 1.33 bits per heavy atom. The number of aliphatic carboxylic acids is 1. The Hall–Kier alpha value is -0.610. The smallest absolute Gasteiger partial charge is 0.303 e. The molecule has 0 spiro atoms. The van der Waals surface area contributed by atoms with Crippen LogP contribution in [-0.2, 0) is 4.79 Å². The zero-order valence-electron chi connectivity index (χ0n) is 8.24. The molecule has 0 aromatic rings. The lowest BCUT2D eigenvalue weighted by Crippen LogP contribution is -1.90. The SMILES string of the molecule is CC(C)O.CCCC(=O)O.CO. The van der Waals surface area contributed by atoms with Gasteiger partial charge in [-0.15, -0.1) is 0 Å². The maximum Gasteiger partial charge on any atom is 0.303 e. The first-order valence-corrected chi connectivity index (χ1v) is 3.85. The van der Waals surface area contributed by atoms with Gasteiger partial charge in [0.2, 0.25) is 0 Å². The standard InChI is InChI=1S/C4H8O2.C3H8O.CH4O/c1-2-3-4(5)6;1-3(2)4;1-2/h2-3H2,1H3,(H,5,6);3-4H,1-2H3;2H,1H3. The molecule has 0 rings (SSSR count). The maximum atomic E-state index is 9.60. The van der Waals surface area contributed by atoms with E-state index in [-0.39, 0.29) is 6.10 Å². The minimum atomic E-state index is -0.711. The molecule has 0 saturated carbocycles. The van der Waals surface area contributed by atoms with E-state index in [0.29, 0.717) is 6.42 Å². The second-order valence-corrected chi connectivity index (χ2v) is 2.24. The summed E-state index contributed by atoms with van der Waals surface area (Å²) in [6, 6.07) is 0. The first-order chi connectivity index (χ1) is 5.50. The predicted molar refractivity (Wildman–Crippen MR) is 48.0 cm³/mol. The molecule has 0 saturated heterocycles. The number of rotatable bonds is 2. The third kappa shape index (κ3) is 116. The molecule has 0 aliphatic heterocycles. The Labute approximate surface area is 73.8 Å². The van der Waals surface area contributed by atoms with Gasteiger partial charge in [0, 0.05) is 19.6 Å². The molecular weight excluding hydrogens is 160 g/mol. The van der Waals surface area contributed by atoms with Crippen molar-refractivity contribution in [1.29, 1.82) is 0 Å². The summed E-state index contributed by atoms with van der Waals surface area (Å²) >= 11 is 0. The number of carbonyl (C=O) groups is 1. The third-order valence-corrected chi connectivity index (χ3v) is 0.464. The molecule has 0 atom stereocenters. The van der Waals surface area contributed by atoms with Crippen molar-refractivity contribution < 1.29 is 20.1 Å². The molecule has 4 heteroatoms. The molecule has 0 aliphatic rings. The van der Waals surface area contributed by atoms with Gasteiger partial charge in [0.1, 0.15) is 0 Å². The second-order valence-electron chi connectivity index (χ2n) is 2.24. The lowest BCUT2D eigenvalue weighted by molar-refractivity contribution is -0.137. The minimum Gasteiger partial charge on any atom is -0.481 e. The summed E-state index contributed by atoms with van der Waals surface area (Å²) in [5, 5.41) is 23.0. The molecule has 0 fully saturated rings. The summed E-state index contributed by atoms with van der Waals surface area (Å²) < 4.78 is 0. The van der Waals surface area contributed by atoms with E-state index in [1.807, 2.05) is 6.92 Å². The average Bonchev–Trinajstić information content (AvgIpc) is 1.90. The molecule has 0 heterocycles. The van der Waals surface area contributed by atoms with Crippen LogP contribution in [-0.4, -0.2) is 34.5 Å². The summed E-state index contributed by atoms with van der Waals surface area (Å²) in [6.07, 6.45) is 0.856. The highest BCUT2D eigenvalue weighted by Gasteiger charge is 1.87. The van der Waals surface area contributed by atoms with Crippen molar-refractivity contribution in [2.24, 2.45) is 0 Å². The van der Waals surface area contributed by atoms with Crippen LogP contribution in [0.25, 0.3) is 0 Å². The molecule has 0 radical (unpaired) electrons. The van der Waals surface area contributed by atoms with E-state index in [0.717, 1.165) is 13.5 Å². The number of carboxylic acid groups (broad SMARTS) is 1. The quantitative estimate of drug-likeness (QED) is 0.589. The number of hydrogen-bond acceptors (Lipinski definition) is 3. The fraction of sp³-hybridized carbons (Fsp3) is 0.875. The van der Waals surface area contributed by atoms with Crippen LogP contribution in [0.15, 0.2) is 0 Å². The average molecular weight is 180 g/mol. The van der Waals surface area contributed by atoms with E-state index in [2.05, 4.69) is 0 Å². The van der Waals surface area contributed by atoms with Crippen molar-refractivity contribution in [2.75, 3.05) is 7.11 Å². The van der Waals surface area contributed by atoms with Crippen molar-refractivity contribution >= 4 is 5.97 Å². The molecule has 4 nitrogen and oxygen atoms in total. The summed E-state index contributed by atoms with van der Waals surface area (Å²) in [5.41, 5.74) is 0. The van der Waals surface area contributed by atoms with Crippen LogP contribution in [0.2, 0.25) is 0 Å². The van der Waals surface area contributed by atoms with Gasteiger partial charge in [0.05, 0.1) is 0 Å². The molecule has 12 heavy (non-hydrogen) atoms. The lowest BCUT2D eigenvalue weighted by atomic mass is 10.4. The van der Waals surface area contributed by atoms with Gasteiger partial charge in [-0.2, -0.15) is 0 Å². The van der Waals surface area contributed by atoms with Crippen molar-refractivity contribution in [3.63, 3.8) is 0 Å². The molecule has 0 amide bonds. The summed E-state index contributed by atoms with van der Waals surface area (Å²) in [6.45, 7) is 5.29. The monoisotopic (exact) mass is 180 g/mol. The molecule has 0 aromatic carbocycles. The van der Waals surface area contributed by atoms with Gasteiger partial charge < -0.3 is 15.3 Å². The van der Waals surface area contributed by atoms with E-state index < -0.39 is 5.97 Å². The molecule has 0 aromatic heterocycles. The van der Waals surface area contributed by atoms with Gasteiger partial charge in [-0.1, -0.05) is 6.92 Å². The van der Waals surface area contributed by atoms with Crippen molar-refractivity contribution in [3.8, 4) is 0 Å². The molecule has 3 N–H and O–H groups in total. The summed E-state index contributed by atoms with van der Waals surface area (Å²) in [7, 11) is 1.00. The largest absolute Gasteiger partial charge is 0.481 e. The zero-order chi connectivity index (χ0) is 10.6. The molecule has 0 bridgehead atoms. The summed E-state index contributed by atoms with van der Waals surface area (Å²) in [4.78, 5) is 9.60. The Kier molecular flexibility index (Phi) is 24.4. The van der Waals surface area contributed by atoms with Crippen molar-refractivity contribution in [1.82, 2.24) is 0 Å². The van der Waals surface area contributed by atoms with Crippen LogP contribution in [0, 0.1) is 0 Å². The highest BCUT2D eigenvalue weighted by Crippen LogP contribution is 1.82. The zero-order valence-corrected chi connectivity index (χ0v) is 8.24. The number of aliphatic hydroxyl groups is 2. The number of hydrogen-bond donors (Lipinski definition) is 3. The number of aliphatic hydroxyl groups excluding tert-OH is 2. The van der Waals surface area contributed by atoms with Gasteiger partial charge in [0.15, 0.2) is 0 Å². The molecule has 76 valence electrons. The van der Waals surface area contributed by atoms with E-state index in [4.69, 9.17) is 15.3 Å². The van der Waals surface area contributed by atoms with E-state index in [1.165, 1.54) is 0 Å². The molecule has 0 aliphatic carbocycles. The first-order valence-electron chi connectivity index (χ1n) is 3.85. The predicted octanol–water partition coefficient (Wildman–Crippen LogP) is 0.867. The number of carboxylic acids is 1. The van der Waals surface area contributed by atoms with E-state index in [1.54, 1.807) is 13.8 Å². The van der Waals surface area contributed by atoms with Gasteiger partial charge in [-0.3, -0.25) is 4.79 Å². The van der Waals surface area contributed by atoms with E-state index >= 15 is 0 Å². The van der Waals surface area contributed by atoms with Crippen LogP contribution in [0.3, 0.4) is 0 Å². The Morgan fingerprint density at radius 2 is 1.58 bits per heavy atom. The Morgan fingerprint density at radius 3 is 1.58 bits per heavy atom. The third-order valence-electron chi connectivity index (χ3n) is 0.464. The van der Waals surface area contributed by atoms with Crippen LogP contribution < -0.4 is 0 Å². The fourth-order valence-electron chi connectivity index (χ4n) is 0.214. The van der Waals surface area contributed by atoms with E-state index in [9.17, 15) is 4.79 Å². The van der Waals surface area contributed by atoms with Gasteiger partial charge >= 0.3 is 5.97 Å². The van der Waals surface area contributed by atoms with Crippen LogP contribution in [0.1, 0.15) is 33.6 Å². The Balaban J connectivity index is -0.000000118. The topological polar surface area (TPSA) is 77.8 Å². The first kappa shape index (κ1) is 17.5. The highest BCUT2D eigenvalue weighted by molar-refractivity contribution is 5.66. The molecule has 0 unspecified atom stereocenters. The fourth-order valence-corrected chi connectivity index (χ4v) is 0.214.